The van der Waals surface area contributed by atoms with Gasteiger partial charge in [0.15, 0.2) is 0 Å². The van der Waals surface area contributed by atoms with Crippen molar-refractivity contribution in [2.75, 3.05) is 0 Å². The Labute approximate surface area is 99.2 Å². The van der Waals surface area contributed by atoms with Crippen LogP contribution in [0.5, 0.6) is 0 Å². The number of nitrogens with zero attached hydrogens (tertiary/aromatic N) is 2. The third-order valence-corrected chi connectivity index (χ3v) is 4.01. The highest BCUT2D eigenvalue weighted by molar-refractivity contribution is 7.17. The zero-order valence-corrected chi connectivity index (χ0v) is 9.86. The van der Waals surface area contributed by atoms with Gasteiger partial charge < -0.3 is 0 Å². The summed E-state index contributed by atoms with van der Waals surface area (Å²) in [5.74, 6) is 0. The quantitative estimate of drug-likeness (QED) is 0.610. The summed E-state index contributed by atoms with van der Waals surface area (Å²) in [5.41, 5.74) is 2.31. The van der Waals surface area contributed by atoms with Gasteiger partial charge in [-0.15, -0.1) is 11.3 Å². The van der Waals surface area contributed by atoms with Gasteiger partial charge in [-0.3, -0.25) is 0 Å². The van der Waals surface area contributed by atoms with E-state index >= 15 is 0 Å². The van der Waals surface area contributed by atoms with Gasteiger partial charge >= 0.3 is 0 Å². The molecule has 0 aromatic carbocycles. The van der Waals surface area contributed by atoms with Crippen molar-refractivity contribution >= 4 is 44.5 Å². The van der Waals surface area contributed by atoms with Crippen molar-refractivity contribution in [3.63, 3.8) is 0 Å². The molecule has 3 heterocycles. The molecule has 0 aliphatic carbocycles. The summed E-state index contributed by atoms with van der Waals surface area (Å²) < 4.78 is 0. The Kier molecular flexibility index (Phi) is 2.20. The number of halogens is 1. The molecule has 0 amide bonds. The van der Waals surface area contributed by atoms with Crippen LogP contribution in [-0.4, -0.2) is 9.97 Å². The van der Waals surface area contributed by atoms with Crippen molar-refractivity contribution in [2.24, 2.45) is 0 Å². The zero-order chi connectivity index (χ0) is 10.3. The maximum Gasteiger partial charge on any atom is 0.141 e. The summed E-state index contributed by atoms with van der Waals surface area (Å²) in [6.45, 7) is 0. The Morgan fingerprint density at radius 1 is 1.20 bits per heavy atom. The molecule has 15 heavy (non-hydrogen) atoms. The summed E-state index contributed by atoms with van der Waals surface area (Å²) in [6, 6.07) is 2.08. The molecule has 3 aromatic rings. The van der Waals surface area contributed by atoms with E-state index in [2.05, 4.69) is 32.2 Å². The van der Waals surface area contributed by atoms with Crippen LogP contribution < -0.4 is 0 Å². The summed E-state index contributed by atoms with van der Waals surface area (Å²) in [5, 5.41) is 7.72. The molecule has 0 N–H and O–H groups in total. The van der Waals surface area contributed by atoms with Crippen LogP contribution in [0.1, 0.15) is 0 Å². The van der Waals surface area contributed by atoms with Crippen LogP contribution in [0.3, 0.4) is 0 Å². The SMILES string of the molecule is Clc1ncnc2scc(-c3ccsc3)c12. The molecule has 2 nitrogen and oxygen atoms in total. The van der Waals surface area contributed by atoms with E-state index < -0.39 is 0 Å². The fraction of sp³-hybridized carbons (Fsp3) is 0. The highest BCUT2D eigenvalue weighted by atomic mass is 35.5. The lowest BCUT2D eigenvalue weighted by atomic mass is 10.1. The van der Waals surface area contributed by atoms with E-state index in [9.17, 15) is 0 Å². The molecule has 0 aliphatic rings. The first kappa shape index (κ1) is 9.27. The molecule has 0 bridgehead atoms. The number of aromatic nitrogens is 2. The predicted molar refractivity (Wildman–Crippen MR) is 65.7 cm³/mol. The molecule has 0 fully saturated rings. The highest BCUT2D eigenvalue weighted by Crippen LogP contribution is 2.36. The van der Waals surface area contributed by atoms with Gasteiger partial charge in [-0.05, 0) is 22.4 Å². The highest BCUT2D eigenvalue weighted by Gasteiger charge is 2.11. The van der Waals surface area contributed by atoms with E-state index in [1.54, 1.807) is 22.7 Å². The molecule has 5 heteroatoms. The van der Waals surface area contributed by atoms with Gasteiger partial charge in [0.25, 0.3) is 0 Å². The third-order valence-electron chi connectivity index (χ3n) is 2.16. The van der Waals surface area contributed by atoms with Crippen LogP contribution in [-0.2, 0) is 0 Å². The lowest BCUT2D eigenvalue weighted by Crippen LogP contribution is -1.80. The Bertz CT molecular complexity index is 601. The van der Waals surface area contributed by atoms with E-state index in [1.807, 2.05) is 0 Å². The first-order valence-corrected chi connectivity index (χ1v) is 6.46. The first-order chi connectivity index (χ1) is 7.36. The Morgan fingerprint density at radius 2 is 2.13 bits per heavy atom. The van der Waals surface area contributed by atoms with Gasteiger partial charge in [0.05, 0.1) is 5.39 Å². The first-order valence-electron chi connectivity index (χ1n) is 4.26. The second-order valence-corrected chi connectivity index (χ2v) is 5.00. The van der Waals surface area contributed by atoms with Crippen molar-refractivity contribution < 1.29 is 0 Å². The standard InChI is InChI=1S/C10H5ClN2S2/c11-9-8-7(6-1-2-14-3-6)4-15-10(8)13-5-12-9/h1-5H. The van der Waals surface area contributed by atoms with Crippen LogP contribution >= 0.6 is 34.3 Å². The number of hydrogen-bond donors (Lipinski definition) is 0. The van der Waals surface area contributed by atoms with Gasteiger partial charge in [0.2, 0.25) is 0 Å². The lowest BCUT2D eigenvalue weighted by Gasteiger charge is -1.96. The molecule has 0 unspecified atom stereocenters. The van der Waals surface area contributed by atoms with Crippen molar-refractivity contribution in [2.45, 2.75) is 0 Å². The number of rotatable bonds is 1. The van der Waals surface area contributed by atoms with Gasteiger partial charge in [-0.1, -0.05) is 11.6 Å². The van der Waals surface area contributed by atoms with Gasteiger partial charge in [0, 0.05) is 10.9 Å². The normalized spacial score (nSPS) is 11.0. The molecule has 0 saturated heterocycles. The minimum atomic E-state index is 0.530. The van der Waals surface area contributed by atoms with Crippen molar-refractivity contribution in [3.8, 4) is 11.1 Å². The number of hydrogen-bond acceptors (Lipinski definition) is 4. The predicted octanol–water partition coefficient (Wildman–Crippen LogP) is 4.07. The van der Waals surface area contributed by atoms with Gasteiger partial charge in [0.1, 0.15) is 16.3 Å². The molecular weight excluding hydrogens is 248 g/mol. The maximum absolute atomic E-state index is 6.08. The average Bonchev–Trinajstić information content (AvgIpc) is 2.85. The second kappa shape index (κ2) is 3.56. The molecule has 3 rings (SSSR count). The third kappa shape index (κ3) is 1.45. The lowest BCUT2D eigenvalue weighted by molar-refractivity contribution is 1.23. The van der Waals surface area contributed by atoms with Crippen LogP contribution in [0.4, 0.5) is 0 Å². The summed E-state index contributed by atoms with van der Waals surface area (Å²) in [7, 11) is 0. The molecule has 0 spiro atoms. The van der Waals surface area contributed by atoms with Crippen molar-refractivity contribution in [1.29, 1.82) is 0 Å². The van der Waals surface area contributed by atoms with Gasteiger partial charge in [-0.2, -0.15) is 11.3 Å². The smallest absolute Gasteiger partial charge is 0.141 e. The summed E-state index contributed by atoms with van der Waals surface area (Å²) in [4.78, 5) is 9.15. The minimum absolute atomic E-state index is 0.530. The summed E-state index contributed by atoms with van der Waals surface area (Å²) in [6.07, 6.45) is 1.50. The monoisotopic (exact) mass is 252 g/mol. The van der Waals surface area contributed by atoms with Crippen molar-refractivity contribution in [3.05, 3.63) is 33.7 Å². The fourth-order valence-electron chi connectivity index (χ4n) is 1.47. The van der Waals surface area contributed by atoms with E-state index in [0.29, 0.717) is 5.15 Å². The molecule has 74 valence electrons. The Hall–Kier alpha value is -0.970. The van der Waals surface area contributed by atoms with Crippen molar-refractivity contribution in [1.82, 2.24) is 9.97 Å². The van der Waals surface area contributed by atoms with Crippen LogP contribution in [0.15, 0.2) is 28.5 Å². The fourth-order valence-corrected chi connectivity index (χ4v) is 3.33. The summed E-state index contributed by atoms with van der Waals surface area (Å²) >= 11 is 9.35. The maximum atomic E-state index is 6.08. The van der Waals surface area contributed by atoms with Crippen LogP contribution in [0.2, 0.25) is 5.15 Å². The van der Waals surface area contributed by atoms with E-state index in [4.69, 9.17) is 11.6 Å². The zero-order valence-electron chi connectivity index (χ0n) is 7.48. The topological polar surface area (TPSA) is 25.8 Å². The van der Waals surface area contributed by atoms with Crippen LogP contribution in [0.25, 0.3) is 21.3 Å². The molecule has 0 aliphatic heterocycles. The molecule has 0 atom stereocenters. The van der Waals surface area contributed by atoms with E-state index in [0.717, 1.165) is 15.8 Å². The number of thiophene rings is 2. The molecule has 3 aromatic heterocycles. The average molecular weight is 253 g/mol. The van der Waals surface area contributed by atoms with Gasteiger partial charge in [-0.25, -0.2) is 9.97 Å². The van der Waals surface area contributed by atoms with Crippen LogP contribution in [0, 0.1) is 0 Å². The number of fused-ring (bicyclic) bond motifs is 1. The molecule has 0 saturated carbocycles. The van der Waals surface area contributed by atoms with E-state index in [-0.39, 0.29) is 0 Å². The minimum Gasteiger partial charge on any atom is -0.225 e. The molecule has 0 radical (unpaired) electrons. The Morgan fingerprint density at radius 3 is 2.93 bits per heavy atom. The largest absolute Gasteiger partial charge is 0.225 e. The Balaban J connectivity index is 2.37. The van der Waals surface area contributed by atoms with E-state index in [1.165, 1.54) is 11.9 Å². The molecular formula is C10H5ClN2S2. The second-order valence-electron chi connectivity index (χ2n) is 3.01.